The normalized spacial score (nSPS) is 27.7. The fourth-order valence-electron chi connectivity index (χ4n) is 5.70. The third kappa shape index (κ3) is 4.03. The molecule has 2 atom stereocenters. The van der Waals surface area contributed by atoms with Gasteiger partial charge in [0.1, 0.15) is 12.1 Å². The molecule has 8 heteroatoms. The van der Waals surface area contributed by atoms with Gasteiger partial charge in [-0.05, 0) is 49.1 Å². The highest BCUT2D eigenvalue weighted by atomic mass is 16.2. The van der Waals surface area contributed by atoms with Crippen LogP contribution in [0.15, 0.2) is 24.3 Å². The maximum Gasteiger partial charge on any atom is 0.325 e. The zero-order valence-corrected chi connectivity index (χ0v) is 18.4. The van der Waals surface area contributed by atoms with Gasteiger partial charge in [-0.25, -0.2) is 4.79 Å². The lowest BCUT2D eigenvalue weighted by molar-refractivity contribution is -0.136. The first-order valence-electron chi connectivity index (χ1n) is 10.9. The molecule has 3 fully saturated rings. The standard InChI is InChI=1S/C23H30N4O4/c1-15-11-22(2,3)14-23(12-15)20(30)27(21(31)25-23)13-18(28)24-16-7-4-5-8-17(16)26-10-6-9-19(26)29/h4-5,7-8,15H,6,9-14H2,1-3H3,(H,24,28)(H,25,31)/t15-,23+/m1/s1. The van der Waals surface area contributed by atoms with Crippen molar-refractivity contribution in [3.8, 4) is 0 Å². The summed E-state index contributed by atoms with van der Waals surface area (Å²) in [5.41, 5.74) is 0.130. The zero-order chi connectivity index (χ0) is 22.4. The van der Waals surface area contributed by atoms with Gasteiger partial charge >= 0.3 is 6.03 Å². The molecule has 0 unspecified atom stereocenters. The molecule has 0 aromatic heterocycles. The summed E-state index contributed by atoms with van der Waals surface area (Å²) in [6.45, 7) is 6.55. The molecule has 5 amide bonds. The number of nitrogens with one attached hydrogen (secondary N) is 2. The van der Waals surface area contributed by atoms with Crippen LogP contribution in [-0.2, 0) is 14.4 Å². The van der Waals surface area contributed by atoms with Crippen molar-refractivity contribution in [2.45, 2.75) is 58.4 Å². The number of rotatable bonds is 4. The fraction of sp³-hybridized carbons (Fsp3) is 0.565. The van der Waals surface area contributed by atoms with Gasteiger partial charge in [0.25, 0.3) is 5.91 Å². The first-order chi connectivity index (χ1) is 14.6. The quantitative estimate of drug-likeness (QED) is 0.723. The molecule has 31 heavy (non-hydrogen) atoms. The highest BCUT2D eigenvalue weighted by molar-refractivity contribution is 6.11. The lowest BCUT2D eigenvalue weighted by atomic mass is 9.64. The Bertz CT molecular complexity index is 943. The number of benzene rings is 1. The monoisotopic (exact) mass is 426 g/mol. The molecule has 0 bridgehead atoms. The number of anilines is 2. The molecule has 2 heterocycles. The Hall–Kier alpha value is -2.90. The number of carbonyl (C=O) groups is 4. The van der Waals surface area contributed by atoms with Crippen molar-refractivity contribution in [1.29, 1.82) is 0 Å². The molecule has 1 aromatic carbocycles. The topological polar surface area (TPSA) is 98.8 Å². The molecule has 1 aliphatic carbocycles. The molecule has 0 radical (unpaired) electrons. The number of imide groups is 1. The van der Waals surface area contributed by atoms with E-state index in [9.17, 15) is 19.2 Å². The van der Waals surface area contributed by atoms with Gasteiger partial charge in [-0.2, -0.15) is 0 Å². The fourth-order valence-corrected chi connectivity index (χ4v) is 5.70. The van der Waals surface area contributed by atoms with E-state index in [1.165, 1.54) is 0 Å². The summed E-state index contributed by atoms with van der Waals surface area (Å²) in [7, 11) is 0. The molecule has 2 aliphatic heterocycles. The van der Waals surface area contributed by atoms with Crippen LogP contribution >= 0.6 is 0 Å². The Morgan fingerprint density at radius 3 is 2.61 bits per heavy atom. The van der Waals surface area contributed by atoms with E-state index in [1.54, 1.807) is 23.1 Å². The Morgan fingerprint density at radius 2 is 1.94 bits per heavy atom. The second kappa shape index (κ2) is 7.66. The van der Waals surface area contributed by atoms with Crippen molar-refractivity contribution in [1.82, 2.24) is 10.2 Å². The Morgan fingerprint density at radius 1 is 1.19 bits per heavy atom. The molecule has 1 spiro atoms. The van der Waals surface area contributed by atoms with Crippen molar-refractivity contribution in [3.05, 3.63) is 24.3 Å². The van der Waals surface area contributed by atoms with E-state index in [1.807, 2.05) is 6.07 Å². The molecule has 4 rings (SSSR count). The number of hydrogen-bond acceptors (Lipinski definition) is 4. The lowest BCUT2D eigenvalue weighted by Crippen LogP contribution is -2.54. The summed E-state index contributed by atoms with van der Waals surface area (Å²) in [5.74, 6) is -0.475. The smallest absolute Gasteiger partial charge is 0.323 e. The maximum atomic E-state index is 13.2. The van der Waals surface area contributed by atoms with E-state index in [0.29, 0.717) is 43.1 Å². The third-order valence-corrected chi connectivity index (χ3v) is 6.47. The number of hydrogen-bond donors (Lipinski definition) is 2. The molecule has 1 aromatic rings. The first kappa shape index (κ1) is 21.3. The number of carbonyl (C=O) groups excluding carboxylic acids is 4. The highest BCUT2D eigenvalue weighted by Gasteiger charge is 2.56. The predicted octanol–water partition coefficient (Wildman–Crippen LogP) is 2.89. The highest BCUT2D eigenvalue weighted by Crippen LogP contribution is 2.46. The van der Waals surface area contributed by atoms with Crippen molar-refractivity contribution >= 4 is 35.1 Å². The third-order valence-electron chi connectivity index (χ3n) is 6.47. The minimum Gasteiger partial charge on any atom is -0.323 e. The van der Waals surface area contributed by atoms with Gasteiger partial charge < -0.3 is 15.5 Å². The lowest BCUT2D eigenvalue weighted by Gasteiger charge is -2.43. The second-order valence-electron chi connectivity index (χ2n) is 9.97. The minimum atomic E-state index is -0.932. The van der Waals surface area contributed by atoms with Gasteiger partial charge in [0.15, 0.2) is 0 Å². The minimum absolute atomic E-state index is 0.0202. The maximum absolute atomic E-state index is 13.2. The molecule has 2 saturated heterocycles. The van der Waals surface area contributed by atoms with Crippen LogP contribution in [0.4, 0.5) is 16.2 Å². The van der Waals surface area contributed by atoms with Crippen LogP contribution in [0.1, 0.15) is 52.9 Å². The van der Waals surface area contributed by atoms with Gasteiger partial charge in [0, 0.05) is 13.0 Å². The average Bonchev–Trinajstić information content (AvgIpc) is 3.17. The van der Waals surface area contributed by atoms with Crippen LogP contribution in [0, 0.1) is 11.3 Å². The second-order valence-corrected chi connectivity index (χ2v) is 9.97. The van der Waals surface area contributed by atoms with Crippen molar-refractivity contribution in [2.75, 3.05) is 23.3 Å². The van der Waals surface area contributed by atoms with Gasteiger partial charge in [-0.1, -0.05) is 32.9 Å². The number of urea groups is 1. The van der Waals surface area contributed by atoms with Crippen LogP contribution in [0.25, 0.3) is 0 Å². The van der Waals surface area contributed by atoms with E-state index < -0.39 is 17.5 Å². The van der Waals surface area contributed by atoms with Crippen LogP contribution in [0.5, 0.6) is 0 Å². The van der Waals surface area contributed by atoms with Gasteiger partial charge in [0.2, 0.25) is 11.8 Å². The SMILES string of the molecule is C[C@@H]1CC(C)(C)C[C@]2(C1)NC(=O)N(CC(=O)Nc1ccccc1N1CCCC1=O)C2=O. The van der Waals surface area contributed by atoms with Crippen LogP contribution in [0.2, 0.25) is 0 Å². The summed E-state index contributed by atoms with van der Waals surface area (Å²) in [6.07, 6.45) is 3.40. The largest absolute Gasteiger partial charge is 0.325 e. The molecule has 1 saturated carbocycles. The number of nitrogens with zero attached hydrogens (tertiary/aromatic N) is 2. The van der Waals surface area contributed by atoms with E-state index in [2.05, 4.69) is 31.4 Å². The Balaban J connectivity index is 1.48. The molecule has 3 aliphatic rings. The number of para-hydroxylation sites is 2. The van der Waals surface area contributed by atoms with E-state index >= 15 is 0 Å². The molecule has 8 nitrogen and oxygen atoms in total. The van der Waals surface area contributed by atoms with Crippen molar-refractivity contribution < 1.29 is 19.2 Å². The predicted molar refractivity (Wildman–Crippen MR) is 116 cm³/mol. The first-order valence-corrected chi connectivity index (χ1v) is 10.9. The van der Waals surface area contributed by atoms with Crippen LogP contribution < -0.4 is 15.5 Å². The van der Waals surface area contributed by atoms with Crippen molar-refractivity contribution in [3.63, 3.8) is 0 Å². The average molecular weight is 427 g/mol. The van der Waals surface area contributed by atoms with E-state index in [-0.39, 0.29) is 23.8 Å². The number of amides is 5. The summed E-state index contributed by atoms with van der Waals surface area (Å²) in [5, 5.41) is 5.68. The molecular weight excluding hydrogens is 396 g/mol. The zero-order valence-electron chi connectivity index (χ0n) is 18.4. The van der Waals surface area contributed by atoms with E-state index in [0.717, 1.165) is 17.7 Å². The Kier molecular flexibility index (Phi) is 5.27. The van der Waals surface area contributed by atoms with Gasteiger partial charge in [-0.3, -0.25) is 19.3 Å². The van der Waals surface area contributed by atoms with E-state index in [4.69, 9.17) is 0 Å². The molecule has 166 valence electrons. The molecular formula is C23H30N4O4. The van der Waals surface area contributed by atoms with Crippen molar-refractivity contribution in [2.24, 2.45) is 11.3 Å². The van der Waals surface area contributed by atoms with Gasteiger partial charge in [0.05, 0.1) is 11.4 Å². The summed E-state index contributed by atoms with van der Waals surface area (Å²) >= 11 is 0. The summed E-state index contributed by atoms with van der Waals surface area (Å²) in [6, 6.07) is 6.57. The van der Waals surface area contributed by atoms with Gasteiger partial charge in [-0.15, -0.1) is 0 Å². The van der Waals surface area contributed by atoms with Crippen LogP contribution in [0.3, 0.4) is 0 Å². The summed E-state index contributed by atoms with van der Waals surface area (Å²) in [4.78, 5) is 53.5. The Labute approximate surface area is 182 Å². The molecule has 2 N–H and O–H groups in total. The summed E-state index contributed by atoms with van der Waals surface area (Å²) < 4.78 is 0. The van der Waals surface area contributed by atoms with Crippen LogP contribution in [-0.4, -0.2) is 47.3 Å².